The number of hydrogen-bond donors (Lipinski definition) is 0. The molecule has 2 aromatic rings. The van der Waals surface area contributed by atoms with Crippen LogP contribution in [0.25, 0.3) is 0 Å². The van der Waals surface area contributed by atoms with Crippen molar-refractivity contribution >= 4 is 5.82 Å². The molecule has 6 nitrogen and oxygen atoms in total. The number of aryl methyl sites for hydroxylation is 1. The first-order chi connectivity index (χ1) is 11.4. The van der Waals surface area contributed by atoms with E-state index in [9.17, 15) is 0 Å². The van der Waals surface area contributed by atoms with Gasteiger partial charge in [0.05, 0.1) is 0 Å². The Kier molecular flexibility index (Phi) is 3.09. The van der Waals surface area contributed by atoms with Crippen molar-refractivity contribution in [1.82, 2.24) is 24.7 Å². The Morgan fingerprint density at radius 2 is 1.78 bits per heavy atom. The van der Waals surface area contributed by atoms with Gasteiger partial charge in [-0.3, -0.25) is 0 Å². The fraction of sp³-hybridized carbons (Fsp3) is 0.647. The van der Waals surface area contributed by atoms with Gasteiger partial charge in [-0.05, 0) is 32.1 Å². The van der Waals surface area contributed by atoms with Crippen LogP contribution in [-0.4, -0.2) is 37.8 Å². The van der Waals surface area contributed by atoms with E-state index < -0.39 is 0 Å². The van der Waals surface area contributed by atoms with Crippen molar-refractivity contribution in [2.45, 2.75) is 56.9 Å². The van der Waals surface area contributed by atoms with Gasteiger partial charge in [-0.25, -0.2) is 9.97 Å². The second-order valence-corrected chi connectivity index (χ2v) is 7.07. The zero-order chi connectivity index (χ0) is 15.2. The standard InChI is InChI=1S/C17H22N6/c1-2-15-20-21-17(23(15)7-1)13-5-8-22(9-6-13)16-10-14(12-3-4-12)18-11-19-16/h10-13H,1-9H2. The predicted octanol–water partition coefficient (Wildman–Crippen LogP) is 2.28. The summed E-state index contributed by atoms with van der Waals surface area (Å²) < 4.78 is 2.36. The van der Waals surface area contributed by atoms with E-state index in [-0.39, 0.29) is 0 Å². The van der Waals surface area contributed by atoms with Crippen molar-refractivity contribution in [2.24, 2.45) is 0 Å². The summed E-state index contributed by atoms with van der Waals surface area (Å²) in [6, 6.07) is 2.20. The summed E-state index contributed by atoms with van der Waals surface area (Å²) in [6.45, 7) is 3.20. The Hall–Kier alpha value is -1.98. The van der Waals surface area contributed by atoms with Crippen molar-refractivity contribution in [2.75, 3.05) is 18.0 Å². The molecule has 4 heterocycles. The van der Waals surface area contributed by atoms with Crippen molar-refractivity contribution in [3.8, 4) is 0 Å². The molecule has 5 rings (SSSR count). The average Bonchev–Trinajstić information content (AvgIpc) is 3.22. The van der Waals surface area contributed by atoms with Crippen LogP contribution in [0, 0.1) is 0 Å². The van der Waals surface area contributed by atoms with Gasteiger partial charge >= 0.3 is 0 Å². The van der Waals surface area contributed by atoms with E-state index in [4.69, 9.17) is 0 Å². The lowest BCUT2D eigenvalue weighted by Crippen LogP contribution is -2.34. The summed E-state index contributed by atoms with van der Waals surface area (Å²) in [5, 5.41) is 8.84. The van der Waals surface area contributed by atoms with E-state index in [1.807, 2.05) is 0 Å². The number of aromatic nitrogens is 5. The minimum Gasteiger partial charge on any atom is -0.356 e. The Balaban J connectivity index is 1.29. The minimum absolute atomic E-state index is 0.551. The van der Waals surface area contributed by atoms with Crippen LogP contribution in [0.3, 0.4) is 0 Å². The van der Waals surface area contributed by atoms with Crippen molar-refractivity contribution < 1.29 is 0 Å². The molecule has 6 heteroatoms. The molecule has 2 aromatic heterocycles. The molecule has 1 aliphatic carbocycles. The Bertz CT molecular complexity index is 712. The number of hydrogen-bond acceptors (Lipinski definition) is 5. The van der Waals surface area contributed by atoms with Crippen molar-refractivity contribution in [3.63, 3.8) is 0 Å². The lowest BCUT2D eigenvalue weighted by Gasteiger charge is -2.32. The quantitative estimate of drug-likeness (QED) is 0.870. The highest BCUT2D eigenvalue weighted by Crippen LogP contribution is 2.40. The Morgan fingerprint density at radius 3 is 2.61 bits per heavy atom. The van der Waals surface area contributed by atoms with Crippen LogP contribution >= 0.6 is 0 Å². The first-order valence-corrected chi connectivity index (χ1v) is 8.87. The highest BCUT2D eigenvalue weighted by molar-refractivity contribution is 5.41. The van der Waals surface area contributed by atoms with Crippen LogP contribution in [0.2, 0.25) is 0 Å². The maximum Gasteiger partial charge on any atom is 0.136 e. The van der Waals surface area contributed by atoms with E-state index >= 15 is 0 Å². The molecule has 2 fully saturated rings. The van der Waals surface area contributed by atoms with Gasteiger partial charge < -0.3 is 9.47 Å². The second kappa shape index (κ2) is 5.28. The molecule has 23 heavy (non-hydrogen) atoms. The van der Waals surface area contributed by atoms with Gasteiger partial charge in [0.1, 0.15) is 23.8 Å². The topological polar surface area (TPSA) is 59.7 Å². The molecule has 0 radical (unpaired) electrons. The maximum atomic E-state index is 4.50. The lowest BCUT2D eigenvalue weighted by molar-refractivity contribution is 0.465. The summed E-state index contributed by atoms with van der Waals surface area (Å²) >= 11 is 0. The number of rotatable bonds is 3. The fourth-order valence-electron chi connectivity index (χ4n) is 3.98. The zero-order valence-electron chi connectivity index (χ0n) is 13.4. The second-order valence-electron chi connectivity index (χ2n) is 7.07. The number of anilines is 1. The third kappa shape index (κ3) is 2.40. The van der Waals surface area contributed by atoms with Gasteiger partial charge in [0.15, 0.2) is 0 Å². The molecule has 1 saturated carbocycles. The van der Waals surface area contributed by atoms with Gasteiger partial charge in [0.2, 0.25) is 0 Å². The molecule has 1 saturated heterocycles. The fourth-order valence-corrected chi connectivity index (χ4v) is 3.98. The monoisotopic (exact) mass is 310 g/mol. The van der Waals surface area contributed by atoms with Crippen LogP contribution in [0.4, 0.5) is 5.82 Å². The first-order valence-electron chi connectivity index (χ1n) is 8.87. The van der Waals surface area contributed by atoms with Crippen LogP contribution in [0.15, 0.2) is 12.4 Å². The van der Waals surface area contributed by atoms with E-state index in [1.54, 1.807) is 6.33 Å². The molecule has 0 atom stereocenters. The molecule has 2 aliphatic heterocycles. The lowest BCUT2D eigenvalue weighted by atomic mass is 9.96. The maximum absolute atomic E-state index is 4.50. The van der Waals surface area contributed by atoms with Crippen LogP contribution in [-0.2, 0) is 13.0 Å². The molecule has 0 unspecified atom stereocenters. The van der Waals surface area contributed by atoms with Crippen LogP contribution in [0.1, 0.15) is 61.3 Å². The van der Waals surface area contributed by atoms with E-state index in [0.29, 0.717) is 11.8 Å². The SMILES string of the molecule is c1nc(C2CC2)cc(N2CCC(c3nnc4n3CCC4)CC2)n1. The predicted molar refractivity (Wildman–Crippen MR) is 86.5 cm³/mol. The average molecular weight is 310 g/mol. The summed E-state index contributed by atoms with van der Waals surface area (Å²) in [5.74, 6) is 4.75. The Morgan fingerprint density at radius 1 is 0.913 bits per heavy atom. The third-order valence-electron chi connectivity index (χ3n) is 5.49. The number of nitrogens with zero attached hydrogens (tertiary/aromatic N) is 6. The van der Waals surface area contributed by atoms with Gasteiger partial charge in [0, 0.05) is 49.7 Å². The van der Waals surface area contributed by atoms with Gasteiger partial charge in [-0.15, -0.1) is 10.2 Å². The van der Waals surface area contributed by atoms with E-state index in [2.05, 4.69) is 35.7 Å². The summed E-state index contributed by atoms with van der Waals surface area (Å²) in [6.07, 6.45) is 8.91. The first kappa shape index (κ1) is 13.5. The van der Waals surface area contributed by atoms with Crippen LogP contribution < -0.4 is 4.90 Å². The molecule has 0 amide bonds. The Labute approximate surface area is 136 Å². The molecule has 0 aromatic carbocycles. The molecular formula is C17H22N6. The van der Waals surface area contributed by atoms with E-state index in [0.717, 1.165) is 44.7 Å². The highest BCUT2D eigenvalue weighted by atomic mass is 15.3. The molecule has 120 valence electrons. The molecule has 0 bridgehead atoms. The largest absolute Gasteiger partial charge is 0.356 e. The smallest absolute Gasteiger partial charge is 0.136 e. The van der Waals surface area contributed by atoms with Gasteiger partial charge in [-0.1, -0.05) is 0 Å². The molecule has 0 spiro atoms. The van der Waals surface area contributed by atoms with Crippen molar-refractivity contribution in [3.05, 3.63) is 29.7 Å². The summed E-state index contributed by atoms with van der Waals surface area (Å²) in [5.41, 5.74) is 1.23. The highest BCUT2D eigenvalue weighted by Gasteiger charge is 2.29. The van der Waals surface area contributed by atoms with Crippen LogP contribution in [0.5, 0.6) is 0 Å². The zero-order valence-corrected chi connectivity index (χ0v) is 13.4. The van der Waals surface area contributed by atoms with Gasteiger partial charge in [0.25, 0.3) is 0 Å². The van der Waals surface area contributed by atoms with Gasteiger partial charge in [-0.2, -0.15) is 0 Å². The summed E-state index contributed by atoms with van der Waals surface area (Å²) in [7, 11) is 0. The normalized spacial score (nSPS) is 21.7. The number of piperidine rings is 1. The number of fused-ring (bicyclic) bond motifs is 1. The molecule has 0 N–H and O–H groups in total. The summed E-state index contributed by atoms with van der Waals surface area (Å²) in [4.78, 5) is 11.3. The minimum atomic E-state index is 0.551. The molecular weight excluding hydrogens is 288 g/mol. The van der Waals surface area contributed by atoms with E-state index in [1.165, 1.54) is 36.6 Å². The third-order valence-corrected chi connectivity index (χ3v) is 5.49. The van der Waals surface area contributed by atoms with Crippen molar-refractivity contribution in [1.29, 1.82) is 0 Å². The molecule has 3 aliphatic rings.